The van der Waals surface area contributed by atoms with Crippen molar-refractivity contribution in [2.75, 3.05) is 6.54 Å². The molecule has 0 fully saturated rings. The zero-order valence-electron chi connectivity index (χ0n) is 26.2. The fourth-order valence-electron chi connectivity index (χ4n) is 6.44. The molecular weight excluding hydrogens is 506 g/mol. The number of nitrogens with zero attached hydrogens (tertiary/aromatic N) is 1. The first-order chi connectivity index (χ1) is 19.2. The van der Waals surface area contributed by atoms with E-state index in [-0.39, 0.29) is 25.8 Å². The van der Waals surface area contributed by atoms with Crippen LogP contribution >= 0.6 is 0 Å². The number of carboxylic acids is 3. The van der Waals surface area contributed by atoms with Gasteiger partial charge >= 0.3 is 17.9 Å². The summed E-state index contributed by atoms with van der Waals surface area (Å²) in [5, 5.41) is 30.0. The fraction of sp³-hybridized carbons (Fsp3) is 0.848. The van der Waals surface area contributed by atoms with Crippen LogP contribution in [-0.4, -0.2) is 62.4 Å². The summed E-state index contributed by atoms with van der Waals surface area (Å²) in [6.45, 7) is 7.64. The summed E-state index contributed by atoms with van der Waals surface area (Å²) in [5.74, 6) is -3.34. The van der Waals surface area contributed by atoms with Gasteiger partial charge in [0.15, 0.2) is 18.1 Å². The normalized spacial score (nSPS) is 15.5. The largest absolute Gasteiger partial charge is 0.477 e. The quantitative estimate of drug-likeness (QED) is 0.0495. The van der Waals surface area contributed by atoms with E-state index in [2.05, 4.69) is 19.1 Å². The first kappa shape index (κ1) is 38.1. The average Bonchev–Trinajstić information content (AvgIpc) is 2.90. The molecule has 0 amide bonds. The molecule has 3 unspecified atom stereocenters. The Labute approximate surface area is 245 Å². The van der Waals surface area contributed by atoms with E-state index in [9.17, 15) is 29.7 Å². The van der Waals surface area contributed by atoms with Gasteiger partial charge in [0.25, 0.3) is 0 Å². The van der Waals surface area contributed by atoms with E-state index in [1.165, 1.54) is 83.5 Å². The lowest BCUT2D eigenvalue weighted by Gasteiger charge is -2.49. The monoisotopic (exact) mass is 568 g/mol. The SMILES string of the molecule is CCCCCC/C=C/CCCCCCCCCCCCC[N+](C(CC)C(=O)O)(C(CC)C(=O)O)C(CC)C(=O)O. The first-order valence-corrected chi connectivity index (χ1v) is 16.4. The zero-order valence-corrected chi connectivity index (χ0v) is 26.2. The van der Waals surface area contributed by atoms with Crippen LogP contribution in [0.15, 0.2) is 12.2 Å². The molecular formula is C33H62NO6+. The summed E-state index contributed by atoms with van der Waals surface area (Å²) in [6.07, 6.45) is 25.5. The summed E-state index contributed by atoms with van der Waals surface area (Å²) in [4.78, 5) is 36.8. The third-order valence-corrected chi connectivity index (χ3v) is 8.56. The van der Waals surface area contributed by atoms with Crippen molar-refractivity contribution in [2.45, 2.75) is 174 Å². The van der Waals surface area contributed by atoms with Crippen molar-refractivity contribution in [2.24, 2.45) is 0 Å². The van der Waals surface area contributed by atoms with Crippen molar-refractivity contribution in [3.8, 4) is 0 Å². The van der Waals surface area contributed by atoms with E-state index in [0.29, 0.717) is 6.42 Å². The second-order valence-electron chi connectivity index (χ2n) is 11.5. The van der Waals surface area contributed by atoms with Crippen LogP contribution in [-0.2, 0) is 14.4 Å². The molecule has 0 radical (unpaired) electrons. The number of unbranched alkanes of at least 4 members (excludes halogenated alkanes) is 15. The molecule has 0 saturated heterocycles. The number of allylic oxidation sites excluding steroid dienone is 2. The minimum absolute atomic E-state index is 0.193. The highest BCUT2D eigenvalue weighted by molar-refractivity contribution is 5.78. The second-order valence-corrected chi connectivity index (χ2v) is 11.5. The zero-order chi connectivity index (χ0) is 30.2. The van der Waals surface area contributed by atoms with Gasteiger partial charge in [0, 0.05) is 19.3 Å². The predicted molar refractivity (Wildman–Crippen MR) is 164 cm³/mol. The van der Waals surface area contributed by atoms with Gasteiger partial charge in [-0.3, -0.25) is 4.48 Å². The summed E-state index contributed by atoms with van der Waals surface area (Å²) in [7, 11) is 0. The Morgan fingerprint density at radius 1 is 0.500 bits per heavy atom. The van der Waals surface area contributed by atoms with Crippen LogP contribution in [0.4, 0.5) is 0 Å². The molecule has 3 N–H and O–H groups in total. The Kier molecular flexibility index (Phi) is 22.7. The van der Waals surface area contributed by atoms with Crippen LogP contribution in [0.5, 0.6) is 0 Å². The van der Waals surface area contributed by atoms with Crippen molar-refractivity contribution in [1.29, 1.82) is 0 Å². The highest BCUT2D eigenvalue weighted by atomic mass is 16.4. The molecule has 0 aromatic carbocycles. The molecule has 0 aliphatic heterocycles. The topological polar surface area (TPSA) is 112 Å². The Bertz CT molecular complexity index is 652. The molecule has 40 heavy (non-hydrogen) atoms. The van der Waals surface area contributed by atoms with Gasteiger partial charge in [-0.05, 0) is 38.5 Å². The van der Waals surface area contributed by atoms with Crippen LogP contribution in [0, 0.1) is 0 Å². The average molecular weight is 569 g/mol. The summed E-state index contributed by atoms with van der Waals surface area (Å²) < 4.78 is -0.405. The Hall–Kier alpha value is -1.89. The third kappa shape index (κ3) is 14.1. The van der Waals surface area contributed by atoms with Crippen molar-refractivity contribution in [1.82, 2.24) is 0 Å². The third-order valence-electron chi connectivity index (χ3n) is 8.56. The highest BCUT2D eigenvalue weighted by Gasteiger charge is 2.55. The Morgan fingerprint density at radius 3 is 1.10 bits per heavy atom. The minimum Gasteiger partial charge on any atom is -0.477 e. The molecule has 0 aromatic rings. The van der Waals surface area contributed by atoms with Crippen molar-refractivity contribution < 1.29 is 34.2 Å². The molecule has 0 spiro atoms. The molecule has 7 heteroatoms. The highest BCUT2D eigenvalue weighted by Crippen LogP contribution is 2.32. The number of carboxylic acid groups (broad SMARTS) is 3. The van der Waals surface area contributed by atoms with Crippen molar-refractivity contribution in [3.63, 3.8) is 0 Å². The van der Waals surface area contributed by atoms with E-state index in [0.717, 1.165) is 19.3 Å². The maximum Gasteiger partial charge on any atom is 0.362 e. The Balaban J connectivity index is 4.50. The number of carbonyl (C=O) groups is 3. The second kappa shape index (κ2) is 23.8. The molecule has 0 aliphatic rings. The summed E-state index contributed by atoms with van der Waals surface area (Å²) in [5.41, 5.74) is 0. The molecule has 0 saturated carbocycles. The number of hydrogen-bond acceptors (Lipinski definition) is 3. The van der Waals surface area contributed by atoms with Gasteiger partial charge in [-0.2, -0.15) is 0 Å². The number of quaternary nitrogens is 1. The van der Waals surface area contributed by atoms with Crippen LogP contribution < -0.4 is 0 Å². The Morgan fingerprint density at radius 2 is 0.800 bits per heavy atom. The van der Waals surface area contributed by atoms with E-state index in [4.69, 9.17) is 0 Å². The van der Waals surface area contributed by atoms with E-state index in [1.54, 1.807) is 20.8 Å². The van der Waals surface area contributed by atoms with Crippen LogP contribution in [0.3, 0.4) is 0 Å². The van der Waals surface area contributed by atoms with Gasteiger partial charge in [-0.25, -0.2) is 14.4 Å². The smallest absolute Gasteiger partial charge is 0.362 e. The number of rotatable bonds is 28. The standard InChI is InChI=1S/C33H61NO6/c1-5-9-10-11-12-13-14-15-16-17-18-19-20-21-22-23-24-25-26-27-34(28(6-2)31(35)36,29(7-3)32(37)38)30(8-4)33(39)40/h13-14,28-30H,5-12,15-27H2,1-4H3,(H2-,35,36,37,38,39,40)/p+1/b14-13+. The molecule has 3 atom stereocenters. The summed E-state index contributed by atoms with van der Waals surface area (Å²) >= 11 is 0. The lowest BCUT2D eigenvalue weighted by atomic mass is 9.93. The van der Waals surface area contributed by atoms with Crippen molar-refractivity contribution >= 4 is 17.9 Å². The predicted octanol–water partition coefficient (Wildman–Crippen LogP) is 8.60. The molecule has 0 aromatic heterocycles. The van der Waals surface area contributed by atoms with Crippen molar-refractivity contribution in [3.05, 3.63) is 12.2 Å². The van der Waals surface area contributed by atoms with E-state index < -0.39 is 40.5 Å². The number of aliphatic carboxylic acids is 3. The molecule has 234 valence electrons. The maximum absolute atomic E-state index is 12.3. The number of hydrogen-bond donors (Lipinski definition) is 3. The first-order valence-electron chi connectivity index (χ1n) is 16.4. The molecule has 7 nitrogen and oxygen atoms in total. The van der Waals surface area contributed by atoms with Crippen LogP contribution in [0.2, 0.25) is 0 Å². The van der Waals surface area contributed by atoms with Crippen LogP contribution in [0.1, 0.15) is 156 Å². The minimum atomic E-state index is -1.11. The molecule has 0 aliphatic carbocycles. The van der Waals surface area contributed by atoms with Gasteiger partial charge in [0.2, 0.25) is 0 Å². The molecule has 0 bridgehead atoms. The summed E-state index contributed by atoms with van der Waals surface area (Å²) in [6, 6.07) is -3.18. The van der Waals surface area contributed by atoms with Gasteiger partial charge in [0.1, 0.15) is 0 Å². The van der Waals surface area contributed by atoms with Gasteiger partial charge in [0.05, 0.1) is 6.54 Å². The lowest BCUT2D eigenvalue weighted by molar-refractivity contribution is -0.973. The maximum atomic E-state index is 12.3. The molecule has 0 heterocycles. The molecule has 0 rings (SSSR count). The van der Waals surface area contributed by atoms with Gasteiger partial charge in [-0.15, -0.1) is 0 Å². The van der Waals surface area contributed by atoms with E-state index >= 15 is 0 Å². The fourth-order valence-corrected chi connectivity index (χ4v) is 6.44. The van der Waals surface area contributed by atoms with Gasteiger partial charge < -0.3 is 15.3 Å². The van der Waals surface area contributed by atoms with E-state index in [1.807, 2.05) is 0 Å². The van der Waals surface area contributed by atoms with Crippen LogP contribution in [0.25, 0.3) is 0 Å². The van der Waals surface area contributed by atoms with Gasteiger partial charge in [-0.1, -0.05) is 110 Å². The lowest BCUT2D eigenvalue weighted by Crippen LogP contribution is -2.72.